The largest absolute Gasteiger partial charge is 0.467 e. The molecule has 3 aromatic rings. The molecule has 2 saturated heterocycles. The number of carbonyl (C=O) groups is 2. The molecule has 2 aliphatic heterocycles. The Kier molecular flexibility index (Phi) is 5.43. The molecule has 2 aliphatic rings. The third kappa shape index (κ3) is 3.78. The minimum atomic E-state index is -3.75. The van der Waals surface area contributed by atoms with E-state index in [0.717, 1.165) is 11.7 Å². The summed E-state index contributed by atoms with van der Waals surface area (Å²) in [5.41, 5.74) is 0.923. The Hall–Kier alpha value is -2.83. The molecule has 12 heteroatoms. The Morgan fingerprint density at radius 3 is 2.69 bits per heavy atom. The lowest BCUT2D eigenvalue weighted by Gasteiger charge is -2.35. The molecule has 168 valence electrons. The molecule has 4 heterocycles. The summed E-state index contributed by atoms with van der Waals surface area (Å²) in [7, 11) is -3.75. The van der Waals surface area contributed by atoms with Crippen molar-refractivity contribution in [3.05, 3.63) is 42.4 Å². The minimum Gasteiger partial charge on any atom is -0.467 e. The molecule has 5 rings (SSSR count). The summed E-state index contributed by atoms with van der Waals surface area (Å²) < 4.78 is 41.3. The standard InChI is InChI=1S/C20H21N5O5S2/c26-18-11-14(12-24(18)13-15-3-2-10-30-15)20(27)23-6-8-25(9-7-23)32(28,29)17-5-1-4-16-19(17)22-31-21-16/h1-5,10,14H,6-9,11-13H2. The lowest BCUT2D eigenvalue weighted by molar-refractivity contribution is -0.137. The molecule has 2 amide bonds. The number of fused-ring (bicyclic) bond motifs is 1. The van der Waals surface area contributed by atoms with E-state index in [1.54, 1.807) is 40.3 Å². The minimum absolute atomic E-state index is 0.0778. The number of likely N-dealkylation sites (tertiary alicyclic amines) is 1. The summed E-state index contributed by atoms with van der Waals surface area (Å²) in [4.78, 5) is 28.8. The Bertz CT molecular complexity index is 1250. The van der Waals surface area contributed by atoms with Gasteiger partial charge in [0.15, 0.2) is 0 Å². The van der Waals surface area contributed by atoms with Crippen molar-refractivity contribution < 1.29 is 22.4 Å². The van der Waals surface area contributed by atoms with E-state index in [1.807, 2.05) is 0 Å². The first-order chi connectivity index (χ1) is 15.4. The van der Waals surface area contributed by atoms with Crippen molar-refractivity contribution in [1.82, 2.24) is 22.9 Å². The van der Waals surface area contributed by atoms with Crippen LogP contribution in [0.2, 0.25) is 0 Å². The van der Waals surface area contributed by atoms with E-state index in [2.05, 4.69) is 8.75 Å². The molecule has 2 fully saturated rings. The van der Waals surface area contributed by atoms with E-state index in [0.29, 0.717) is 29.9 Å². The fourth-order valence-electron chi connectivity index (χ4n) is 4.22. The van der Waals surface area contributed by atoms with Crippen LogP contribution in [0.15, 0.2) is 45.9 Å². The number of piperazine rings is 1. The molecule has 10 nitrogen and oxygen atoms in total. The lowest BCUT2D eigenvalue weighted by atomic mass is 10.1. The third-order valence-corrected chi connectivity index (χ3v) is 8.38. The zero-order valence-corrected chi connectivity index (χ0v) is 18.7. The van der Waals surface area contributed by atoms with Crippen molar-refractivity contribution >= 4 is 44.6 Å². The van der Waals surface area contributed by atoms with Gasteiger partial charge in [-0.15, -0.1) is 0 Å². The molecule has 0 saturated carbocycles. The maximum absolute atomic E-state index is 13.2. The van der Waals surface area contributed by atoms with Crippen molar-refractivity contribution in [2.24, 2.45) is 5.92 Å². The molecular weight excluding hydrogens is 454 g/mol. The maximum Gasteiger partial charge on any atom is 0.245 e. The fraction of sp³-hybridized carbons (Fsp3) is 0.400. The van der Waals surface area contributed by atoms with Crippen LogP contribution < -0.4 is 0 Å². The van der Waals surface area contributed by atoms with Crippen LogP contribution in [-0.2, 0) is 26.2 Å². The van der Waals surface area contributed by atoms with Gasteiger partial charge in [-0.25, -0.2) is 8.42 Å². The SMILES string of the molecule is O=C1CC(C(=O)N2CCN(S(=O)(=O)c3cccc4nsnc34)CC2)CN1Cc1ccco1. The van der Waals surface area contributed by atoms with Gasteiger partial charge in [-0.3, -0.25) is 9.59 Å². The molecule has 1 atom stereocenters. The molecule has 1 unspecified atom stereocenters. The molecule has 0 N–H and O–H groups in total. The third-order valence-electron chi connectivity index (χ3n) is 5.91. The van der Waals surface area contributed by atoms with Gasteiger partial charge >= 0.3 is 0 Å². The number of benzene rings is 1. The molecule has 0 radical (unpaired) electrons. The molecule has 32 heavy (non-hydrogen) atoms. The van der Waals surface area contributed by atoms with Gasteiger partial charge in [-0.1, -0.05) is 6.07 Å². The summed E-state index contributed by atoms with van der Waals surface area (Å²) in [6.45, 7) is 1.64. The predicted octanol–water partition coefficient (Wildman–Crippen LogP) is 1.17. The Balaban J connectivity index is 1.22. The number of hydrogen-bond acceptors (Lipinski definition) is 8. The number of aromatic nitrogens is 2. The quantitative estimate of drug-likeness (QED) is 0.544. The number of sulfonamides is 1. The number of furan rings is 1. The van der Waals surface area contributed by atoms with Gasteiger partial charge in [0.25, 0.3) is 0 Å². The Labute approximate surface area is 188 Å². The van der Waals surface area contributed by atoms with Crippen molar-refractivity contribution in [1.29, 1.82) is 0 Å². The average molecular weight is 476 g/mol. The highest BCUT2D eigenvalue weighted by Gasteiger charge is 2.39. The number of rotatable bonds is 5. The van der Waals surface area contributed by atoms with Gasteiger partial charge in [0.05, 0.1) is 30.5 Å². The Morgan fingerprint density at radius 2 is 1.94 bits per heavy atom. The number of nitrogens with zero attached hydrogens (tertiary/aromatic N) is 5. The summed E-state index contributed by atoms with van der Waals surface area (Å²) in [6, 6.07) is 8.48. The second kappa shape index (κ2) is 8.26. The van der Waals surface area contributed by atoms with Crippen LogP contribution in [0.4, 0.5) is 0 Å². The monoisotopic (exact) mass is 475 g/mol. The number of amides is 2. The summed E-state index contributed by atoms with van der Waals surface area (Å²) in [6.07, 6.45) is 1.72. The second-order valence-corrected chi connectivity index (χ2v) is 10.3. The van der Waals surface area contributed by atoms with E-state index in [9.17, 15) is 18.0 Å². The van der Waals surface area contributed by atoms with Crippen LogP contribution in [0.1, 0.15) is 12.2 Å². The van der Waals surface area contributed by atoms with Crippen LogP contribution in [-0.4, -0.2) is 75.8 Å². The average Bonchev–Trinajstić information content (AvgIpc) is 3.55. The lowest BCUT2D eigenvalue weighted by Crippen LogP contribution is -2.52. The van der Waals surface area contributed by atoms with Gasteiger partial charge in [0.1, 0.15) is 21.7 Å². The zero-order valence-electron chi connectivity index (χ0n) is 17.1. The fourth-order valence-corrected chi connectivity index (χ4v) is 6.39. The van der Waals surface area contributed by atoms with E-state index in [4.69, 9.17) is 4.42 Å². The van der Waals surface area contributed by atoms with Gasteiger partial charge < -0.3 is 14.2 Å². The van der Waals surface area contributed by atoms with Gasteiger partial charge in [-0.05, 0) is 24.3 Å². The van der Waals surface area contributed by atoms with Crippen LogP contribution in [0.25, 0.3) is 11.0 Å². The highest BCUT2D eigenvalue weighted by molar-refractivity contribution is 7.89. The van der Waals surface area contributed by atoms with E-state index >= 15 is 0 Å². The highest BCUT2D eigenvalue weighted by Crippen LogP contribution is 2.27. The second-order valence-electron chi connectivity index (χ2n) is 7.87. The first kappa shape index (κ1) is 21.0. The smallest absolute Gasteiger partial charge is 0.245 e. The molecule has 0 aliphatic carbocycles. The van der Waals surface area contributed by atoms with E-state index < -0.39 is 15.9 Å². The van der Waals surface area contributed by atoms with Gasteiger partial charge in [-0.2, -0.15) is 13.1 Å². The molecule has 0 bridgehead atoms. The summed E-state index contributed by atoms with van der Waals surface area (Å²) in [5, 5.41) is 0. The normalized spacial score (nSPS) is 20.4. The van der Waals surface area contributed by atoms with Crippen LogP contribution in [0.3, 0.4) is 0 Å². The predicted molar refractivity (Wildman–Crippen MR) is 115 cm³/mol. The number of hydrogen-bond donors (Lipinski definition) is 0. The molecule has 0 spiro atoms. The van der Waals surface area contributed by atoms with E-state index in [1.165, 1.54) is 10.4 Å². The van der Waals surface area contributed by atoms with Crippen LogP contribution in [0.5, 0.6) is 0 Å². The molecular formula is C20H21N5O5S2. The first-order valence-corrected chi connectivity index (χ1v) is 12.4. The summed E-state index contributed by atoms with van der Waals surface area (Å²) in [5.74, 6) is 0.0696. The van der Waals surface area contributed by atoms with E-state index in [-0.39, 0.29) is 49.3 Å². The Morgan fingerprint density at radius 1 is 1.12 bits per heavy atom. The van der Waals surface area contributed by atoms with Gasteiger partial charge in [0.2, 0.25) is 21.8 Å². The van der Waals surface area contributed by atoms with Crippen LogP contribution in [0, 0.1) is 5.92 Å². The topological polar surface area (TPSA) is 117 Å². The van der Waals surface area contributed by atoms with Crippen molar-refractivity contribution in [2.45, 2.75) is 17.9 Å². The summed E-state index contributed by atoms with van der Waals surface area (Å²) >= 11 is 0.976. The van der Waals surface area contributed by atoms with Crippen molar-refractivity contribution in [2.75, 3.05) is 32.7 Å². The number of carbonyl (C=O) groups excluding carboxylic acids is 2. The van der Waals surface area contributed by atoms with Crippen LogP contribution >= 0.6 is 11.7 Å². The first-order valence-electron chi connectivity index (χ1n) is 10.2. The van der Waals surface area contributed by atoms with Crippen molar-refractivity contribution in [3.63, 3.8) is 0 Å². The molecule has 1 aromatic carbocycles. The van der Waals surface area contributed by atoms with Crippen molar-refractivity contribution in [3.8, 4) is 0 Å². The maximum atomic E-state index is 13.2. The van der Waals surface area contributed by atoms with Gasteiger partial charge in [0, 0.05) is 39.1 Å². The highest BCUT2D eigenvalue weighted by atomic mass is 32.2. The molecule has 2 aromatic heterocycles. The zero-order chi connectivity index (χ0) is 22.3.